The van der Waals surface area contributed by atoms with Crippen molar-refractivity contribution in [2.45, 2.75) is 70.0 Å². The molecule has 29 heavy (non-hydrogen) atoms. The Hall–Kier alpha value is -1.93. The van der Waals surface area contributed by atoms with E-state index in [4.69, 9.17) is 0 Å². The van der Waals surface area contributed by atoms with E-state index < -0.39 is 8.07 Å². The summed E-state index contributed by atoms with van der Waals surface area (Å²) < 4.78 is 2.33. The van der Waals surface area contributed by atoms with Gasteiger partial charge >= 0.3 is 0 Å². The van der Waals surface area contributed by atoms with Gasteiger partial charge in [-0.25, -0.2) is 4.57 Å². The van der Waals surface area contributed by atoms with E-state index in [1.807, 2.05) is 0 Å². The Morgan fingerprint density at radius 1 is 0.897 bits per heavy atom. The van der Waals surface area contributed by atoms with E-state index in [1.165, 1.54) is 66.1 Å². The molecule has 3 aromatic rings. The minimum atomic E-state index is -1.32. The predicted octanol–water partition coefficient (Wildman–Crippen LogP) is 6.38. The maximum absolute atomic E-state index is 2.56. The highest BCUT2D eigenvalue weighted by Gasteiger charge is 2.40. The van der Waals surface area contributed by atoms with Crippen LogP contribution in [0.25, 0.3) is 22.0 Å². The average molecular weight is 401 g/mol. The Bertz CT molecular complexity index is 1070. The van der Waals surface area contributed by atoms with E-state index in [-0.39, 0.29) is 0 Å². The third kappa shape index (κ3) is 3.36. The van der Waals surface area contributed by atoms with Gasteiger partial charge in [-0.3, -0.25) is 0 Å². The molecule has 0 aliphatic heterocycles. The summed E-state index contributed by atoms with van der Waals surface area (Å²) in [6, 6.07) is 16.9. The van der Waals surface area contributed by atoms with Crippen molar-refractivity contribution >= 4 is 24.0 Å². The molecule has 0 unspecified atom stereocenters. The zero-order valence-electron chi connectivity index (χ0n) is 18.5. The third-order valence-corrected chi connectivity index (χ3v) is 12.2. The number of aryl methyl sites for hydroxylation is 2. The zero-order chi connectivity index (χ0) is 20.2. The fourth-order valence-corrected chi connectivity index (χ4v) is 8.68. The zero-order valence-corrected chi connectivity index (χ0v) is 19.5. The quantitative estimate of drug-likeness (QED) is 0.353. The minimum Gasteiger partial charge on any atom is -0.200 e. The van der Waals surface area contributed by atoms with Crippen LogP contribution in [0.5, 0.6) is 0 Å². The lowest BCUT2D eigenvalue weighted by molar-refractivity contribution is -0.659. The highest BCUT2D eigenvalue weighted by Crippen LogP contribution is 2.45. The number of pyridine rings is 1. The third-order valence-electron chi connectivity index (χ3n) is 7.82. The van der Waals surface area contributed by atoms with E-state index in [2.05, 4.69) is 80.3 Å². The van der Waals surface area contributed by atoms with Crippen LogP contribution >= 0.6 is 0 Å². The summed E-state index contributed by atoms with van der Waals surface area (Å²) in [4.78, 5) is 0. The number of rotatable bonds is 4. The first-order valence-electron chi connectivity index (χ1n) is 11.5. The van der Waals surface area contributed by atoms with Crippen LogP contribution in [-0.2, 0) is 7.05 Å². The van der Waals surface area contributed by atoms with Gasteiger partial charge in [0.2, 0.25) is 5.69 Å². The molecule has 0 atom stereocenters. The van der Waals surface area contributed by atoms with Crippen LogP contribution in [0, 0.1) is 6.92 Å². The van der Waals surface area contributed by atoms with Crippen LogP contribution in [0.4, 0.5) is 0 Å². The Balaban J connectivity index is 1.65. The minimum absolute atomic E-state index is 0.756. The summed E-state index contributed by atoms with van der Waals surface area (Å²) in [5.41, 5.74) is 6.70. The Morgan fingerprint density at radius 2 is 1.66 bits per heavy atom. The normalized spacial score (nSPS) is 17.9. The molecule has 0 saturated heterocycles. The van der Waals surface area contributed by atoms with E-state index in [9.17, 15) is 0 Å². The number of aromatic nitrogens is 1. The molecule has 150 valence electrons. The fourth-order valence-electron chi connectivity index (χ4n) is 5.56. The first-order valence-corrected chi connectivity index (χ1v) is 14.6. The highest BCUT2D eigenvalue weighted by molar-refractivity contribution is 6.91. The lowest BCUT2D eigenvalue weighted by Gasteiger charge is -2.23. The molecule has 1 nitrogen and oxygen atoms in total. The molecule has 2 aliphatic rings. The molecule has 2 heteroatoms. The van der Waals surface area contributed by atoms with Crippen molar-refractivity contribution in [3.05, 3.63) is 59.8 Å². The largest absolute Gasteiger partial charge is 0.220 e. The van der Waals surface area contributed by atoms with Crippen LogP contribution in [0.3, 0.4) is 0 Å². The molecule has 0 amide bonds. The summed E-state index contributed by atoms with van der Waals surface area (Å²) >= 11 is 0. The number of hydrogen-bond acceptors (Lipinski definition) is 0. The Kier molecular flexibility index (Phi) is 4.66. The molecule has 0 spiro atoms. The maximum atomic E-state index is 2.56. The molecule has 0 radical (unpaired) electrons. The van der Waals surface area contributed by atoms with Crippen molar-refractivity contribution in [3.63, 3.8) is 0 Å². The van der Waals surface area contributed by atoms with Crippen molar-refractivity contribution in [1.29, 1.82) is 0 Å². The van der Waals surface area contributed by atoms with Crippen molar-refractivity contribution in [2.75, 3.05) is 0 Å². The summed E-state index contributed by atoms with van der Waals surface area (Å²) in [6.07, 6.45) is 10.6. The van der Waals surface area contributed by atoms with Gasteiger partial charge in [-0.1, -0.05) is 68.2 Å². The van der Waals surface area contributed by atoms with Gasteiger partial charge in [-0.15, -0.1) is 0 Å². The first kappa shape index (κ1) is 19.1. The first-order chi connectivity index (χ1) is 13.9. The van der Waals surface area contributed by atoms with Gasteiger partial charge in [0, 0.05) is 11.6 Å². The Labute approximate surface area is 176 Å². The second kappa shape index (κ2) is 7.09. The number of fused-ring (bicyclic) bond motifs is 1. The molecule has 0 bridgehead atoms. The SMILES string of the molecule is Cc1ccc(C2CCCC2)cc1-c1c2ccc([Si](C)(C)C3CC3)cc2cc[n+]1C. The number of hydrogen-bond donors (Lipinski definition) is 0. The molecule has 5 rings (SSSR count). The predicted molar refractivity (Wildman–Crippen MR) is 127 cm³/mol. The summed E-state index contributed by atoms with van der Waals surface area (Å²) in [7, 11) is 0.884. The highest BCUT2D eigenvalue weighted by atomic mass is 28.3. The van der Waals surface area contributed by atoms with E-state index in [0.717, 1.165) is 11.5 Å². The smallest absolute Gasteiger partial charge is 0.200 e. The van der Waals surface area contributed by atoms with Crippen molar-refractivity contribution in [3.8, 4) is 11.3 Å². The molecule has 1 aromatic heterocycles. The average Bonchev–Trinajstić information content (AvgIpc) is 3.44. The van der Waals surface area contributed by atoms with Crippen molar-refractivity contribution < 1.29 is 4.57 Å². The number of nitrogens with zero attached hydrogens (tertiary/aromatic N) is 1. The molecule has 2 saturated carbocycles. The van der Waals surface area contributed by atoms with Gasteiger partial charge in [0.05, 0.1) is 13.5 Å². The van der Waals surface area contributed by atoms with Gasteiger partial charge in [0.25, 0.3) is 0 Å². The molecule has 2 aliphatic carbocycles. The van der Waals surface area contributed by atoms with Crippen LogP contribution < -0.4 is 9.75 Å². The lowest BCUT2D eigenvalue weighted by atomic mass is 9.91. The second-order valence-electron chi connectivity index (χ2n) is 10.1. The van der Waals surface area contributed by atoms with E-state index in [0.29, 0.717) is 0 Å². The summed E-state index contributed by atoms with van der Waals surface area (Å²) in [5, 5.41) is 4.43. The fraction of sp³-hybridized carbons (Fsp3) is 0.444. The monoisotopic (exact) mass is 400 g/mol. The van der Waals surface area contributed by atoms with E-state index >= 15 is 0 Å². The molecule has 2 fully saturated rings. The second-order valence-corrected chi connectivity index (χ2v) is 15.0. The van der Waals surface area contributed by atoms with Gasteiger partial charge in [0.1, 0.15) is 7.05 Å². The van der Waals surface area contributed by atoms with E-state index in [1.54, 1.807) is 10.8 Å². The molecule has 1 heterocycles. The van der Waals surface area contributed by atoms with Crippen molar-refractivity contribution in [1.82, 2.24) is 0 Å². The van der Waals surface area contributed by atoms with Gasteiger partial charge in [-0.2, -0.15) is 0 Å². The maximum Gasteiger partial charge on any atom is 0.220 e. The van der Waals surface area contributed by atoms with Crippen LogP contribution in [-0.4, -0.2) is 8.07 Å². The van der Waals surface area contributed by atoms with Gasteiger partial charge in [-0.05, 0) is 59.9 Å². The Morgan fingerprint density at radius 3 is 2.38 bits per heavy atom. The van der Waals surface area contributed by atoms with Gasteiger partial charge in [0.15, 0.2) is 6.20 Å². The molecule has 0 N–H and O–H groups in total. The summed E-state index contributed by atoms with van der Waals surface area (Å²) in [6.45, 7) is 7.39. The standard InChI is InChI=1S/C27H34NSi/c1-19-9-10-21(20-7-5-6-8-20)18-26(19)27-25-14-13-24(29(3,4)23-11-12-23)17-22(25)15-16-28(27)2/h9-10,13-18,20,23H,5-8,11-12H2,1-4H3/q+1. The van der Waals surface area contributed by atoms with Gasteiger partial charge < -0.3 is 0 Å². The lowest BCUT2D eigenvalue weighted by Crippen LogP contribution is -2.41. The molecular weight excluding hydrogens is 366 g/mol. The topological polar surface area (TPSA) is 3.88 Å². The van der Waals surface area contributed by atoms with Crippen LogP contribution in [0.15, 0.2) is 48.7 Å². The molecule has 2 aromatic carbocycles. The summed E-state index contributed by atoms with van der Waals surface area (Å²) in [5.74, 6) is 0.756. The van der Waals surface area contributed by atoms with Crippen LogP contribution in [0.1, 0.15) is 55.6 Å². The molecular formula is C27H34NSi+. The van der Waals surface area contributed by atoms with Crippen molar-refractivity contribution in [2.24, 2.45) is 7.05 Å². The van der Waals surface area contributed by atoms with Crippen LogP contribution in [0.2, 0.25) is 18.6 Å². The number of benzene rings is 2.